The molecule has 84 valence electrons. The molecule has 0 spiro atoms. The van der Waals surface area contributed by atoms with E-state index in [9.17, 15) is 9.59 Å². The molecule has 0 saturated carbocycles. The predicted octanol–water partition coefficient (Wildman–Crippen LogP) is 1.77. The first-order valence-electron chi connectivity index (χ1n) is 4.66. The molecular formula is C10H14O5. The molecule has 15 heavy (non-hydrogen) atoms. The van der Waals surface area contributed by atoms with E-state index in [0.717, 1.165) is 0 Å². The second-order valence-corrected chi connectivity index (χ2v) is 3.66. The van der Waals surface area contributed by atoms with Crippen molar-refractivity contribution in [3.63, 3.8) is 0 Å². The monoisotopic (exact) mass is 214 g/mol. The Morgan fingerprint density at radius 3 is 2.67 bits per heavy atom. The highest BCUT2D eigenvalue weighted by atomic mass is 16.8. The lowest BCUT2D eigenvalue weighted by Gasteiger charge is -2.13. The minimum atomic E-state index is -0.729. The number of hydrogen-bond acceptors (Lipinski definition) is 5. The van der Waals surface area contributed by atoms with Crippen LogP contribution in [0.1, 0.15) is 27.2 Å². The summed E-state index contributed by atoms with van der Waals surface area (Å²) in [4.78, 5) is 21.3. The van der Waals surface area contributed by atoms with Gasteiger partial charge in [0.05, 0.1) is 6.61 Å². The molecule has 0 N–H and O–H groups in total. The van der Waals surface area contributed by atoms with Crippen LogP contribution in [0, 0.1) is 0 Å². The highest BCUT2D eigenvalue weighted by Gasteiger charge is 2.38. The first kappa shape index (κ1) is 11.6. The molecule has 1 aliphatic rings. The number of esters is 1. The molecule has 1 rings (SSSR count). The third-order valence-corrected chi connectivity index (χ3v) is 1.88. The van der Waals surface area contributed by atoms with Gasteiger partial charge < -0.3 is 14.2 Å². The third kappa shape index (κ3) is 3.27. The topological polar surface area (TPSA) is 61.8 Å². The maximum absolute atomic E-state index is 10.8. The van der Waals surface area contributed by atoms with Crippen molar-refractivity contribution in [2.75, 3.05) is 6.61 Å². The molecule has 1 aliphatic heterocycles. The SMILES string of the molecule is CC(=O)OCC/C=C1/OC(=O)OC1(C)C. The number of rotatable bonds is 3. The fourth-order valence-corrected chi connectivity index (χ4v) is 1.17. The van der Waals surface area contributed by atoms with Gasteiger partial charge in [-0.15, -0.1) is 0 Å². The molecule has 5 heteroatoms. The Morgan fingerprint density at radius 2 is 2.20 bits per heavy atom. The van der Waals surface area contributed by atoms with Gasteiger partial charge in [-0.25, -0.2) is 4.79 Å². The molecule has 1 saturated heterocycles. The van der Waals surface area contributed by atoms with Gasteiger partial charge in [0.15, 0.2) is 11.4 Å². The summed E-state index contributed by atoms with van der Waals surface area (Å²) < 4.78 is 14.5. The molecule has 0 amide bonds. The number of hydrogen-bond donors (Lipinski definition) is 0. The van der Waals surface area contributed by atoms with Crippen LogP contribution in [0.4, 0.5) is 4.79 Å². The second kappa shape index (κ2) is 4.33. The average molecular weight is 214 g/mol. The number of ether oxygens (including phenoxy) is 3. The van der Waals surface area contributed by atoms with E-state index in [0.29, 0.717) is 12.2 Å². The summed E-state index contributed by atoms with van der Waals surface area (Å²) in [7, 11) is 0. The lowest BCUT2D eigenvalue weighted by Crippen LogP contribution is -2.20. The minimum absolute atomic E-state index is 0.270. The van der Waals surface area contributed by atoms with Crippen molar-refractivity contribution in [2.24, 2.45) is 0 Å². The van der Waals surface area contributed by atoms with Crippen molar-refractivity contribution in [2.45, 2.75) is 32.8 Å². The molecule has 0 radical (unpaired) electrons. The first-order valence-corrected chi connectivity index (χ1v) is 4.66. The van der Waals surface area contributed by atoms with E-state index in [4.69, 9.17) is 14.2 Å². The molecule has 0 unspecified atom stereocenters. The fourth-order valence-electron chi connectivity index (χ4n) is 1.17. The highest BCUT2D eigenvalue weighted by molar-refractivity contribution is 5.66. The van der Waals surface area contributed by atoms with Crippen molar-refractivity contribution >= 4 is 12.1 Å². The van der Waals surface area contributed by atoms with Crippen LogP contribution in [-0.4, -0.2) is 24.3 Å². The van der Waals surface area contributed by atoms with Gasteiger partial charge in [0.1, 0.15) is 0 Å². The molecular weight excluding hydrogens is 200 g/mol. The summed E-state index contributed by atoms with van der Waals surface area (Å²) in [5.41, 5.74) is -0.729. The summed E-state index contributed by atoms with van der Waals surface area (Å²) in [5.74, 6) is 0.131. The molecule has 0 atom stereocenters. The Balaban J connectivity index is 2.45. The lowest BCUT2D eigenvalue weighted by atomic mass is 10.1. The Kier molecular flexibility index (Phi) is 3.34. The largest absolute Gasteiger partial charge is 0.514 e. The van der Waals surface area contributed by atoms with Crippen LogP contribution in [0.5, 0.6) is 0 Å². The van der Waals surface area contributed by atoms with Gasteiger partial charge in [-0.1, -0.05) is 0 Å². The zero-order chi connectivity index (χ0) is 11.5. The molecule has 1 heterocycles. The number of carbonyl (C=O) groups excluding carboxylic acids is 2. The number of carbonyl (C=O) groups is 2. The van der Waals surface area contributed by atoms with Crippen LogP contribution >= 0.6 is 0 Å². The smallest absolute Gasteiger partial charge is 0.466 e. The van der Waals surface area contributed by atoms with Gasteiger partial charge in [0.25, 0.3) is 0 Å². The molecule has 0 aromatic carbocycles. The van der Waals surface area contributed by atoms with E-state index in [1.165, 1.54) is 6.92 Å². The Morgan fingerprint density at radius 1 is 1.53 bits per heavy atom. The van der Waals surface area contributed by atoms with Gasteiger partial charge in [-0.2, -0.15) is 0 Å². The van der Waals surface area contributed by atoms with Crippen LogP contribution in [-0.2, 0) is 19.0 Å². The van der Waals surface area contributed by atoms with E-state index in [2.05, 4.69) is 0 Å². The molecule has 1 fully saturated rings. The van der Waals surface area contributed by atoms with Crippen molar-refractivity contribution in [3.05, 3.63) is 11.8 Å². The van der Waals surface area contributed by atoms with E-state index in [1.807, 2.05) is 0 Å². The number of cyclic esters (lactones) is 2. The second-order valence-electron chi connectivity index (χ2n) is 3.66. The van der Waals surface area contributed by atoms with E-state index in [-0.39, 0.29) is 12.6 Å². The quantitative estimate of drug-likeness (QED) is 0.529. The summed E-state index contributed by atoms with van der Waals surface area (Å²) >= 11 is 0. The predicted molar refractivity (Wildman–Crippen MR) is 51.0 cm³/mol. The van der Waals surface area contributed by atoms with Gasteiger partial charge in [-0.3, -0.25) is 4.79 Å². The van der Waals surface area contributed by atoms with Crippen molar-refractivity contribution in [1.82, 2.24) is 0 Å². The summed E-state index contributed by atoms with van der Waals surface area (Å²) in [5, 5.41) is 0. The first-order chi connectivity index (χ1) is 6.92. The zero-order valence-corrected chi connectivity index (χ0v) is 9.03. The van der Waals surface area contributed by atoms with Gasteiger partial charge >= 0.3 is 12.1 Å². The Bertz CT molecular complexity index is 303. The molecule has 0 bridgehead atoms. The molecule has 0 aromatic heterocycles. The average Bonchev–Trinajstić information content (AvgIpc) is 2.33. The van der Waals surface area contributed by atoms with Crippen LogP contribution in [0.2, 0.25) is 0 Å². The fraction of sp³-hybridized carbons (Fsp3) is 0.600. The Hall–Kier alpha value is -1.52. The summed E-state index contributed by atoms with van der Waals surface area (Å²) in [6, 6.07) is 0. The lowest BCUT2D eigenvalue weighted by molar-refractivity contribution is -0.140. The van der Waals surface area contributed by atoms with Crippen LogP contribution in [0.15, 0.2) is 11.8 Å². The normalized spacial score (nSPS) is 21.0. The molecule has 0 aliphatic carbocycles. The zero-order valence-electron chi connectivity index (χ0n) is 9.03. The van der Waals surface area contributed by atoms with Crippen LogP contribution in [0.3, 0.4) is 0 Å². The van der Waals surface area contributed by atoms with E-state index in [1.54, 1.807) is 19.9 Å². The Labute approximate surface area is 88.0 Å². The standard InChI is InChI=1S/C10H14O5/c1-7(11)13-6-4-5-8-10(2,3)15-9(12)14-8/h5H,4,6H2,1-3H3/b8-5+. The third-order valence-electron chi connectivity index (χ3n) is 1.88. The van der Waals surface area contributed by atoms with Crippen molar-refractivity contribution in [3.8, 4) is 0 Å². The summed E-state index contributed by atoms with van der Waals surface area (Å²) in [6.45, 7) is 5.08. The summed E-state index contributed by atoms with van der Waals surface area (Å²) in [6.07, 6.45) is 1.49. The highest BCUT2D eigenvalue weighted by Crippen LogP contribution is 2.29. The van der Waals surface area contributed by atoms with Gasteiger partial charge in [0, 0.05) is 13.3 Å². The van der Waals surface area contributed by atoms with Crippen molar-refractivity contribution < 1.29 is 23.8 Å². The van der Waals surface area contributed by atoms with Gasteiger partial charge in [0.2, 0.25) is 0 Å². The van der Waals surface area contributed by atoms with Crippen LogP contribution < -0.4 is 0 Å². The maximum Gasteiger partial charge on any atom is 0.514 e. The van der Waals surface area contributed by atoms with Gasteiger partial charge in [-0.05, 0) is 19.9 Å². The maximum atomic E-state index is 10.8. The minimum Gasteiger partial charge on any atom is -0.466 e. The van der Waals surface area contributed by atoms with Crippen LogP contribution in [0.25, 0.3) is 0 Å². The van der Waals surface area contributed by atoms with Crippen molar-refractivity contribution in [1.29, 1.82) is 0 Å². The molecule has 0 aromatic rings. The van der Waals surface area contributed by atoms with E-state index < -0.39 is 11.8 Å². The van der Waals surface area contributed by atoms with E-state index >= 15 is 0 Å². The molecule has 5 nitrogen and oxygen atoms in total.